The number of nitrogens with zero attached hydrogens (tertiary/aromatic N) is 3. The summed E-state index contributed by atoms with van der Waals surface area (Å²) in [6.45, 7) is 3.03. The van der Waals surface area contributed by atoms with Crippen LogP contribution in [0.2, 0.25) is 5.02 Å². The van der Waals surface area contributed by atoms with E-state index in [0.717, 1.165) is 30.2 Å². The molecule has 2 aromatic rings. The monoisotopic (exact) mass is 380 g/mol. The minimum atomic E-state index is 0.0195. The van der Waals surface area contributed by atoms with Crippen LogP contribution < -0.4 is 10.1 Å². The summed E-state index contributed by atoms with van der Waals surface area (Å²) in [6, 6.07) is 7.76. The predicted octanol–water partition coefficient (Wildman–Crippen LogP) is 3.46. The second kappa shape index (κ2) is 8.58. The molecule has 1 aliphatic rings. The Morgan fingerprint density at radius 1 is 1.40 bits per heavy atom. The van der Waals surface area contributed by atoms with Gasteiger partial charge in [-0.05, 0) is 31.4 Å². The van der Waals surface area contributed by atoms with Crippen molar-refractivity contribution in [3.8, 4) is 5.75 Å². The van der Waals surface area contributed by atoms with E-state index < -0.39 is 0 Å². The van der Waals surface area contributed by atoms with Crippen molar-refractivity contribution in [1.29, 1.82) is 0 Å². The van der Waals surface area contributed by atoms with Crippen LogP contribution >= 0.6 is 23.4 Å². The maximum absolute atomic E-state index is 11.8. The molecule has 0 saturated heterocycles. The molecular weight excluding hydrogens is 360 g/mol. The van der Waals surface area contributed by atoms with Crippen molar-refractivity contribution in [2.24, 2.45) is 0 Å². The number of thioether (sulfide) groups is 1. The number of carbonyl (C=O) groups excluding carboxylic acids is 1. The number of ether oxygens (including phenoxy) is 1. The number of halogens is 1. The third kappa shape index (κ3) is 4.89. The summed E-state index contributed by atoms with van der Waals surface area (Å²) in [7, 11) is 0. The molecule has 25 heavy (non-hydrogen) atoms. The lowest BCUT2D eigenvalue weighted by Crippen LogP contribution is -2.25. The normalized spacial score (nSPS) is 13.7. The van der Waals surface area contributed by atoms with Gasteiger partial charge in [0.15, 0.2) is 11.0 Å². The van der Waals surface area contributed by atoms with E-state index in [1.807, 2.05) is 25.1 Å². The Balaban J connectivity index is 1.64. The highest BCUT2D eigenvalue weighted by Gasteiger charge is 2.30. The standard InChI is InChI=1S/C17H21ClN4O2S/c1-2-9-19-16(23)11-25-17-21-20-15(22(17)12-7-8-12)10-24-14-6-4-3-5-13(14)18/h3-6,12H,2,7-11H2,1H3,(H,19,23). The number of nitrogens with one attached hydrogen (secondary N) is 1. The Bertz CT molecular complexity index is 733. The van der Waals surface area contributed by atoms with Gasteiger partial charge in [-0.15, -0.1) is 10.2 Å². The van der Waals surface area contributed by atoms with E-state index in [1.54, 1.807) is 6.07 Å². The maximum atomic E-state index is 11.8. The first-order chi connectivity index (χ1) is 12.2. The first kappa shape index (κ1) is 18.1. The number of aromatic nitrogens is 3. The SMILES string of the molecule is CCCNC(=O)CSc1nnc(COc2ccccc2Cl)n1C1CC1. The lowest BCUT2D eigenvalue weighted by Gasteiger charge is -2.10. The van der Waals surface area contributed by atoms with E-state index in [9.17, 15) is 4.79 Å². The number of hydrogen-bond acceptors (Lipinski definition) is 5. The molecule has 1 aromatic heterocycles. The summed E-state index contributed by atoms with van der Waals surface area (Å²) >= 11 is 7.54. The number of amides is 1. The van der Waals surface area contributed by atoms with Crippen LogP contribution in [0, 0.1) is 0 Å². The van der Waals surface area contributed by atoms with Crippen LogP contribution in [0.5, 0.6) is 5.75 Å². The number of benzene rings is 1. The van der Waals surface area contributed by atoms with E-state index in [4.69, 9.17) is 16.3 Å². The topological polar surface area (TPSA) is 69.0 Å². The fourth-order valence-corrected chi connectivity index (χ4v) is 3.40. The van der Waals surface area contributed by atoms with Gasteiger partial charge in [0.05, 0.1) is 10.8 Å². The molecular formula is C17H21ClN4O2S. The van der Waals surface area contributed by atoms with Crippen LogP contribution in [0.25, 0.3) is 0 Å². The third-order valence-corrected chi connectivity index (χ3v) is 5.00. The fourth-order valence-electron chi connectivity index (χ4n) is 2.35. The van der Waals surface area contributed by atoms with Gasteiger partial charge in [-0.2, -0.15) is 0 Å². The van der Waals surface area contributed by atoms with Gasteiger partial charge in [0.1, 0.15) is 12.4 Å². The van der Waals surface area contributed by atoms with Crippen LogP contribution in [0.3, 0.4) is 0 Å². The Labute approximate surface area is 156 Å². The predicted molar refractivity (Wildman–Crippen MR) is 98.1 cm³/mol. The highest BCUT2D eigenvalue weighted by molar-refractivity contribution is 7.99. The van der Waals surface area contributed by atoms with Crippen LogP contribution in [-0.4, -0.2) is 33.0 Å². The summed E-state index contributed by atoms with van der Waals surface area (Å²) in [5.74, 6) is 1.75. The average molecular weight is 381 g/mol. The fraction of sp³-hybridized carbons (Fsp3) is 0.471. The van der Waals surface area contributed by atoms with Crippen molar-refractivity contribution < 1.29 is 9.53 Å². The van der Waals surface area contributed by atoms with Gasteiger partial charge in [0.2, 0.25) is 5.91 Å². The molecule has 1 aliphatic carbocycles. The molecule has 1 N–H and O–H groups in total. The van der Waals surface area contributed by atoms with E-state index in [0.29, 0.717) is 35.7 Å². The summed E-state index contributed by atoms with van der Waals surface area (Å²) in [5.41, 5.74) is 0. The quantitative estimate of drug-likeness (QED) is 0.674. The number of carbonyl (C=O) groups is 1. The van der Waals surface area contributed by atoms with Crippen molar-refractivity contribution in [2.75, 3.05) is 12.3 Å². The average Bonchev–Trinajstić information content (AvgIpc) is 3.38. The molecule has 0 radical (unpaired) electrons. The second-order valence-electron chi connectivity index (χ2n) is 5.86. The third-order valence-electron chi connectivity index (χ3n) is 3.75. The molecule has 1 aromatic carbocycles. The zero-order chi connectivity index (χ0) is 17.6. The molecule has 0 aliphatic heterocycles. The van der Waals surface area contributed by atoms with E-state index in [1.165, 1.54) is 11.8 Å². The zero-order valence-electron chi connectivity index (χ0n) is 14.1. The van der Waals surface area contributed by atoms with Crippen molar-refractivity contribution in [1.82, 2.24) is 20.1 Å². The molecule has 0 bridgehead atoms. The Morgan fingerprint density at radius 3 is 2.92 bits per heavy atom. The lowest BCUT2D eigenvalue weighted by molar-refractivity contribution is -0.118. The summed E-state index contributed by atoms with van der Waals surface area (Å²) in [4.78, 5) is 11.8. The lowest BCUT2D eigenvalue weighted by atomic mass is 10.3. The van der Waals surface area contributed by atoms with Crippen LogP contribution in [0.1, 0.15) is 38.1 Å². The molecule has 0 unspecified atom stereocenters. The van der Waals surface area contributed by atoms with E-state index >= 15 is 0 Å². The van der Waals surface area contributed by atoms with Crippen molar-refractivity contribution in [2.45, 2.75) is 44.0 Å². The Kier molecular flexibility index (Phi) is 6.20. The molecule has 0 atom stereocenters. The molecule has 3 rings (SSSR count). The maximum Gasteiger partial charge on any atom is 0.230 e. The first-order valence-corrected chi connectivity index (χ1v) is 9.76. The zero-order valence-corrected chi connectivity index (χ0v) is 15.6. The summed E-state index contributed by atoms with van der Waals surface area (Å²) < 4.78 is 7.88. The van der Waals surface area contributed by atoms with Crippen LogP contribution in [0.15, 0.2) is 29.4 Å². The van der Waals surface area contributed by atoms with Gasteiger partial charge >= 0.3 is 0 Å². The molecule has 1 fully saturated rings. The first-order valence-electron chi connectivity index (χ1n) is 8.39. The molecule has 1 amide bonds. The van der Waals surface area contributed by atoms with Gasteiger partial charge in [0.25, 0.3) is 0 Å². The minimum absolute atomic E-state index is 0.0195. The van der Waals surface area contributed by atoms with E-state index in [-0.39, 0.29) is 5.91 Å². The van der Waals surface area contributed by atoms with Crippen LogP contribution in [-0.2, 0) is 11.4 Å². The van der Waals surface area contributed by atoms with Gasteiger partial charge in [-0.3, -0.25) is 9.36 Å². The highest BCUT2D eigenvalue weighted by atomic mass is 35.5. The second-order valence-corrected chi connectivity index (χ2v) is 7.21. The number of para-hydroxylation sites is 1. The Hall–Kier alpha value is -1.73. The molecule has 0 spiro atoms. The molecule has 1 heterocycles. The minimum Gasteiger partial charge on any atom is -0.484 e. The largest absolute Gasteiger partial charge is 0.484 e. The number of hydrogen-bond donors (Lipinski definition) is 1. The molecule has 6 nitrogen and oxygen atoms in total. The highest BCUT2D eigenvalue weighted by Crippen LogP contribution is 2.39. The van der Waals surface area contributed by atoms with Crippen molar-refractivity contribution in [3.63, 3.8) is 0 Å². The molecule has 134 valence electrons. The van der Waals surface area contributed by atoms with Gasteiger partial charge in [-0.1, -0.05) is 42.4 Å². The van der Waals surface area contributed by atoms with Gasteiger partial charge in [-0.25, -0.2) is 0 Å². The summed E-state index contributed by atoms with van der Waals surface area (Å²) in [6.07, 6.45) is 3.14. The smallest absolute Gasteiger partial charge is 0.230 e. The number of rotatable bonds is 9. The molecule has 8 heteroatoms. The summed E-state index contributed by atoms with van der Waals surface area (Å²) in [5, 5.41) is 12.7. The van der Waals surface area contributed by atoms with Crippen LogP contribution in [0.4, 0.5) is 0 Å². The Morgan fingerprint density at radius 2 is 2.20 bits per heavy atom. The van der Waals surface area contributed by atoms with Crippen molar-refractivity contribution >= 4 is 29.3 Å². The van der Waals surface area contributed by atoms with Gasteiger partial charge in [0, 0.05) is 12.6 Å². The van der Waals surface area contributed by atoms with Crippen molar-refractivity contribution in [3.05, 3.63) is 35.1 Å². The van der Waals surface area contributed by atoms with Gasteiger partial charge < -0.3 is 10.1 Å². The van der Waals surface area contributed by atoms with E-state index in [2.05, 4.69) is 20.1 Å². The molecule has 1 saturated carbocycles.